The van der Waals surface area contributed by atoms with Crippen molar-refractivity contribution in [2.45, 2.75) is 47.0 Å². The minimum absolute atomic E-state index is 0.306. The molecular weight excluding hydrogens is 340 g/mol. The number of aliphatic imine (C=N–C) groups is 1. The molecule has 26 heavy (non-hydrogen) atoms. The summed E-state index contributed by atoms with van der Waals surface area (Å²) >= 11 is 1.69. The van der Waals surface area contributed by atoms with Gasteiger partial charge in [-0.1, -0.05) is 20.8 Å². The third-order valence-electron chi connectivity index (χ3n) is 5.11. The summed E-state index contributed by atoms with van der Waals surface area (Å²) in [5.41, 5.74) is 3.33. The highest BCUT2D eigenvalue weighted by Crippen LogP contribution is 2.44. The molecule has 1 atom stereocenters. The molecule has 0 bridgehead atoms. The van der Waals surface area contributed by atoms with Crippen LogP contribution >= 0.6 is 11.3 Å². The van der Waals surface area contributed by atoms with Crippen molar-refractivity contribution in [2.75, 3.05) is 6.61 Å². The first-order chi connectivity index (χ1) is 12.4. The van der Waals surface area contributed by atoms with Gasteiger partial charge in [0.1, 0.15) is 16.8 Å². The lowest BCUT2D eigenvalue weighted by atomic mass is 9.72. The summed E-state index contributed by atoms with van der Waals surface area (Å²) in [5.74, 6) is 1.53. The molecular formula is C22H26N2OS. The molecule has 3 nitrogen and oxygen atoms in total. The van der Waals surface area contributed by atoms with Crippen molar-refractivity contribution >= 4 is 22.6 Å². The number of benzene rings is 1. The van der Waals surface area contributed by atoms with E-state index in [1.54, 1.807) is 11.3 Å². The predicted octanol–water partition coefficient (Wildman–Crippen LogP) is 5.92. The van der Waals surface area contributed by atoms with Crippen LogP contribution < -0.4 is 4.74 Å². The van der Waals surface area contributed by atoms with Crippen LogP contribution in [0.5, 0.6) is 5.75 Å². The van der Waals surface area contributed by atoms with Gasteiger partial charge in [0.05, 0.1) is 12.2 Å². The second-order valence-corrected chi connectivity index (χ2v) is 8.95. The monoisotopic (exact) mass is 366 g/mol. The second kappa shape index (κ2) is 7.63. The summed E-state index contributed by atoms with van der Waals surface area (Å²) < 4.78 is 5.47. The fraction of sp³-hybridized carbons (Fsp3) is 0.455. The van der Waals surface area contributed by atoms with Gasteiger partial charge in [-0.15, -0.1) is 11.3 Å². The lowest BCUT2D eigenvalue weighted by molar-refractivity contribution is 0.218. The van der Waals surface area contributed by atoms with Crippen molar-refractivity contribution in [1.29, 1.82) is 5.26 Å². The van der Waals surface area contributed by atoms with Gasteiger partial charge in [-0.25, -0.2) is 4.99 Å². The van der Waals surface area contributed by atoms with Crippen LogP contribution in [0.4, 0.5) is 5.00 Å². The van der Waals surface area contributed by atoms with E-state index in [-0.39, 0.29) is 0 Å². The van der Waals surface area contributed by atoms with E-state index in [9.17, 15) is 5.26 Å². The number of ether oxygens (including phenoxy) is 1. The maximum Gasteiger partial charge on any atom is 0.134 e. The van der Waals surface area contributed by atoms with Gasteiger partial charge < -0.3 is 4.74 Å². The Kier molecular flexibility index (Phi) is 5.48. The number of nitriles is 1. The smallest absolute Gasteiger partial charge is 0.134 e. The van der Waals surface area contributed by atoms with E-state index in [1.807, 2.05) is 37.4 Å². The van der Waals surface area contributed by atoms with Gasteiger partial charge in [0.25, 0.3) is 0 Å². The molecule has 0 N–H and O–H groups in total. The van der Waals surface area contributed by atoms with Gasteiger partial charge >= 0.3 is 0 Å². The average Bonchev–Trinajstić information content (AvgIpc) is 2.97. The van der Waals surface area contributed by atoms with Gasteiger partial charge in [-0.3, -0.25) is 0 Å². The van der Waals surface area contributed by atoms with Crippen LogP contribution in [0.3, 0.4) is 0 Å². The van der Waals surface area contributed by atoms with Crippen molar-refractivity contribution in [3.05, 3.63) is 45.8 Å². The SMILES string of the molecule is CCOc1ccc(C=Nc2sc3c(c2C#N)CC[C@@H](C(C)(C)C)C3)cc1. The predicted molar refractivity (Wildman–Crippen MR) is 109 cm³/mol. The Bertz CT molecular complexity index is 835. The lowest BCUT2D eigenvalue weighted by Gasteiger charge is -2.33. The molecule has 0 saturated carbocycles. The zero-order valence-corrected chi connectivity index (χ0v) is 16.8. The molecule has 4 heteroatoms. The molecule has 136 valence electrons. The first kappa shape index (κ1) is 18.7. The molecule has 0 fully saturated rings. The van der Waals surface area contributed by atoms with Crippen LogP contribution in [0, 0.1) is 22.7 Å². The van der Waals surface area contributed by atoms with E-state index in [4.69, 9.17) is 4.74 Å². The largest absolute Gasteiger partial charge is 0.494 e. The first-order valence-electron chi connectivity index (χ1n) is 9.24. The number of hydrogen-bond donors (Lipinski definition) is 0. The number of nitrogens with zero attached hydrogens (tertiary/aromatic N) is 2. The summed E-state index contributed by atoms with van der Waals surface area (Å²) in [5, 5.41) is 10.5. The van der Waals surface area contributed by atoms with Gasteiger partial charge in [0, 0.05) is 11.1 Å². The summed E-state index contributed by atoms with van der Waals surface area (Å²) in [6.45, 7) is 9.57. The Morgan fingerprint density at radius 2 is 2.04 bits per heavy atom. The van der Waals surface area contributed by atoms with Crippen molar-refractivity contribution in [3.8, 4) is 11.8 Å². The molecule has 1 aliphatic rings. The Balaban J connectivity index is 1.83. The van der Waals surface area contributed by atoms with Crippen LogP contribution in [-0.2, 0) is 12.8 Å². The summed E-state index contributed by atoms with van der Waals surface area (Å²) in [6, 6.07) is 10.3. The topological polar surface area (TPSA) is 45.4 Å². The molecule has 1 aromatic carbocycles. The van der Waals surface area contributed by atoms with E-state index >= 15 is 0 Å². The van der Waals surface area contributed by atoms with E-state index in [0.29, 0.717) is 17.9 Å². The Hall–Kier alpha value is -2.12. The van der Waals surface area contributed by atoms with Crippen molar-refractivity contribution < 1.29 is 4.74 Å². The van der Waals surface area contributed by atoms with E-state index in [2.05, 4.69) is 31.8 Å². The van der Waals surface area contributed by atoms with Gasteiger partial charge in [0.2, 0.25) is 0 Å². The molecule has 0 radical (unpaired) electrons. The minimum Gasteiger partial charge on any atom is -0.494 e. The fourth-order valence-electron chi connectivity index (χ4n) is 3.47. The maximum atomic E-state index is 9.65. The molecule has 0 unspecified atom stereocenters. The van der Waals surface area contributed by atoms with Crippen LogP contribution in [-0.4, -0.2) is 12.8 Å². The second-order valence-electron chi connectivity index (χ2n) is 7.86. The molecule has 0 amide bonds. The number of thiophene rings is 1. The number of rotatable bonds is 4. The Labute approximate surface area is 160 Å². The van der Waals surface area contributed by atoms with Crippen molar-refractivity contribution in [3.63, 3.8) is 0 Å². The van der Waals surface area contributed by atoms with Crippen LogP contribution in [0.2, 0.25) is 0 Å². The van der Waals surface area contributed by atoms with Crippen LogP contribution in [0.25, 0.3) is 0 Å². The third kappa shape index (κ3) is 3.99. The van der Waals surface area contributed by atoms with Crippen LogP contribution in [0.1, 0.15) is 55.7 Å². The molecule has 0 spiro atoms. The first-order valence-corrected chi connectivity index (χ1v) is 10.1. The normalized spacial score (nSPS) is 17.1. The molecule has 2 aromatic rings. The lowest BCUT2D eigenvalue weighted by Crippen LogP contribution is -2.26. The summed E-state index contributed by atoms with van der Waals surface area (Å²) in [7, 11) is 0. The summed E-state index contributed by atoms with van der Waals surface area (Å²) in [4.78, 5) is 6.00. The fourth-order valence-corrected chi connectivity index (χ4v) is 4.69. The minimum atomic E-state index is 0.306. The summed E-state index contributed by atoms with van der Waals surface area (Å²) in [6.07, 6.45) is 5.06. The zero-order chi connectivity index (χ0) is 18.7. The van der Waals surface area contributed by atoms with Gasteiger partial charge in [0.15, 0.2) is 0 Å². The van der Waals surface area contributed by atoms with Gasteiger partial charge in [-0.2, -0.15) is 5.26 Å². The zero-order valence-electron chi connectivity index (χ0n) is 16.0. The molecule has 0 aliphatic heterocycles. The Morgan fingerprint density at radius 1 is 1.31 bits per heavy atom. The van der Waals surface area contributed by atoms with Crippen molar-refractivity contribution in [2.24, 2.45) is 16.3 Å². The van der Waals surface area contributed by atoms with Crippen LogP contribution in [0.15, 0.2) is 29.3 Å². The van der Waals surface area contributed by atoms with E-state index < -0.39 is 0 Å². The highest BCUT2D eigenvalue weighted by molar-refractivity contribution is 7.16. The van der Waals surface area contributed by atoms with Gasteiger partial charge in [-0.05, 0) is 72.9 Å². The highest BCUT2D eigenvalue weighted by atomic mass is 32.1. The molecule has 3 rings (SSSR count). The molecule has 0 saturated heterocycles. The standard InChI is InChI=1S/C22H26N2OS/c1-5-25-17-9-6-15(7-10-17)14-24-21-19(13-23)18-11-8-16(22(2,3)4)12-20(18)26-21/h6-7,9-10,14,16H,5,8,11-12H2,1-4H3/t16-/m1/s1. The Morgan fingerprint density at radius 3 is 2.65 bits per heavy atom. The van der Waals surface area contributed by atoms with E-state index in [1.165, 1.54) is 10.4 Å². The maximum absolute atomic E-state index is 9.65. The molecule has 1 heterocycles. The van der Waals surface area contributed by atoms with E-state index in [0.717, 1.165) is 41.1 Å². The molecule has 1 aliphatic carbocycles. The number of fused-ring (bicyclic) bond motifs is 1. The highest BCUT2D eigenvalue weighted by Gasteiger charge is 2.32. The number of hydrogen-bond acceptors (Lipinski definition) is 4. The molecule has 1 aromatic heterocycles. The average molecular weight is 367 g/mol. The third-order valence-corrected chi connectivity index (χ3v) is 6.27. The van der Waals surface area contributed by atoms with Crippen molar-refractivity contribution in [1.82, 2.24) is 0 Å². The quantitative estimate of drug-likeness (QED) is 0.630.